The second-order valence-corrected chi connectivity index (χ2v) is 6.85. The van der Waals surface area contributed by atoms with Crippen molar-refractivity contribution >= 4 is 23.0 Å². The second kappa shape index (κ2) is 8.98. The highest BCUT2D eigenvalue weighted by Crippen LogP contribution is 2.36. The van der Waals surface area contributed by atoms with Crippen molar-refractivity contribution in [1.29, 1.82) is 0 Å². The first-order valence-electron chi connectivity index (χ1n) is 9.25. The number of imidazole rings is 1. The summed E-state index contributed by atoms with van der Waals surface area (Å²) in [6.45, 7) is 1.05. The van der Waals surface area contributed by atoms with Gasteiger partial charge in [-0.25, -0.2) is 13.8 Å². The van der Waals surface area contributed by atoms with Crippen LogP contribution in [0.1, 0.15) is 24.9 Å². The SMILES string of the molecule is C[C@@H](C=O)[C@@H](c1c(F)cc(OCCCF)cc1F)N(C)c1ccc2[nH]cnc2c1. The lowest BCUT2D eigenvalue weighted by molar-refractivity contribution is -0.111. The molecule has 2 aromatic carbocycles. The zero-order chi connectivity index (χ0) is 21.0. The fraction of sp³-hybridized carbons (Fsp3) is 0.333. The number of aromatic amines is 1. The molecule has 1 aromatic heterocycles. The van der Waals surface area contributed by atoms with Crippen LogP contribution in [-0.4, -0.2) is 36.6 Å². The van der Waals surface area contributed by atoms with Crippen molar-refractivity contribution in [2.24, 2.45) is 5.92 Å². The third-order valence-electron chi connectivity index (χ3n) is 4.84. The van der Waals surface area contributed by atoms with E-state index in [1.54, 1.807) is 37.3 Å². The number of ether oxygens (including phenoxy) is 1. The van der Waals surface area contributed by atoms with Crippen LogP contribution in [0.25, 0.3) is 11.0 Å². The standard InChI is InChI=1S/C21H22F3N3O2/c1-13(11-28)21(27(2)14-4-5-18-19(8-14)26-12-25-18)20-16(23)9-15(10-17(20)24)29-7-3-6-22/h4-5,8-13,21H,3,6-7H2,1-2H3,(H,25,26)/t13-,21-/m0/s1. The lowest BCUT2D eigenvalue weighted by atomic mass is 9.92. The van der Waals surface area contributed by atoms with Crippen molar-refractivity contribution in [2.75, 3.05) is 25.2 Å². The summed E-state index contributed by atoms with van der Waals surface area (Å²) in [6.07, 6.45) is 2.36. The normalized spacial score (nSPS) is 13.3. The molecule has 0 amide bonds. The minimum absolute atomic E-state index is 0.0182. The Kier molecular flexibility index (Phi) is 6.41. The number of aromatic nitrogens is 2. The quantitative estimate of drug-likeness (QED) is 0.418. The van der Waals surface area contributed by atoms with Gasteiger partial charge in [0.2, 0.25) is 0 Å². The summed E-state index contributed by atoms with van der Waals surface area (Å²) in [5, 5.41) is 0. The van der Waals surface area contributed by atoms with Gasteiger partial charge in [0.25, 0.3) is 0 Å². The van der Waals surface area contributed by atoms with E-state index in [-0.39, 0.29) is 24.3 Å². The number of carbonyl (C=O) groups excluding carboxylic acids is 1. The number of carbonyl (C=O) groups is 1. The van der Waals surface area contributed by atoms with Gasteiger partial charge in [0.05, 0.1) is 36.7 Å². The highest BCUT2D eigenvalue weighted by Gasteiger charge is 2.30. The third kappa shape index (κ3) is 4.36. The maximum absolute atomic E-state index is 14.9. The molecule has 0 spiro atoms. The number of H-pyrrole nitrogens is 1. The summed E-state index contributed by atoms with van der Waals surface area (Å²) >= 11 is 0. The van der Waals surface area contributed by atoms with Gasteiger partial charge in [0, 0.05) is 42.8 Å². The number of benzene rings is 2. The number of aldehydes is 1. The summed E-state index contributed by atoms with van der Waals surface area (Å²) in [6, 6.07) is 6.61. The van der Waals surface area contributed by atoms with Gasteiger partial charge in [-0.1, -0.05) is 6.92 Å². The Labute approximate surface area is 166 Å². The molecule has 3 rings (SSSR count). The molecule has 0 saturated heterocycles. The van der Waals surface area contributed by atoms with Crippen LogP contribution in [0.4, 0.5) is 18.9 Å². The van der Waals surface area contributed by atoms with Crippen LogP contribution in [0.15, 0.2) is 36.7 Å². The summed E-state index contributed by atoms with van der Waals surface area (Å²) < 4.78 is 47.2. The van der Waals surface area contributed by atoms with Crippen molar-refractivity contribution in [3.63, 3.8) is 0 Å². The van der Waals surface area contributed by atoms with Crippen LogP contribution < -0.4 is 9.64 Å². The Balaban J connectivity index is 1.98. The van der Waals surface area contributed by atoms with Gasteiger partial charge in [0.15, 0.2) is 0 Å². The Morgan fingerprint density at radius 1 is 1.24 bits per heavy atom. The van der Waals surface area contributed by atoms with E-state index in [4.69, 9.17) is 4.74 Å². The maximum Gasteiger partial charge on any atom is 0.135 e. The molecule has 0 aliphatic heterocycles. The van der Waals surface area contributed by atoms with E-state index >= 15 is 0 Å². The third-order valence-corrected chi connectivity index (χ3v) is 4.84. The van der Waals surface area contributed by atoms with Crippen LogP contribution in [0.2, 0.25) is 0 Å². The van der Waals surface area contributed by atoms with E-state index < -0.39 is 30.3 Å². The van der Waals surface area contributed by atoms with E-state index in [1.165, 1.54) is 0 Å². The number of halogens is 3. The number of nitrogens with zero attached hydrogens (tertiary/aromatic N) is 2. The van der Waals surface area contributed by atoms with Crippen LogP contribution in [0, 0.1) is 17.6 Å². The Hall–Kier alpha value is -3.03. The maximum atomic E-state index is 14.9. The molecule has 8 heteroatoms. The molecule has 1 heterocycles. The average molecular weight is 405 g/mol. The molecule has 5 nitrogen and oxygen atoms in total. The first-order valence-corrected chi connectivity index (χ1v) is 9.25. The molecular weight excluding hydrogens is 383 g/mol. The van der Waals surface area contributed by atoms with Crippen molar-refractivity contribution in [3.05, 3.63) is 53.9 Å². The zero-order valence-electron chi connectivity index (χ0n) is 16.2. The summed E-state index contributed by atoms with van der Waals surface area (Å²) in [7, 11) is 1.67. The second-order valence-electron chi connectivity index (χ2n) is 6.85. The predicted molar refractivity (Wildman–Crippen MR) is 105 cm³/mol. The van der Waals surface area contributed by atoms with Gasteiger partial charge in [0.1, 0.15) is 23.7 Å². The molecule has 2 atom stereocenters. The highest BCUT2D eigenvalue weighted by molar-refractivity contribution is 5.79. The number of anilines is 1. The molecule has 0 aliphatic carbocycles. The van der Waals surface area contributed by atoms with Gasteiger partial charge in [-0.15, -0.1) is 0 Å². The average Bonchev–Trinajstić information content (AvgIpc) is 3.17. The minimum Gasteiger partial charge on any atom is -0.493 e. The van der Waals surface area contributed by atoms with Crippen LogP contribution in [0.5, 0.6) is 5.75 Å². The molecule has 0 unspecified atom stereocenters. The lowest BCUT2D eigenvalue weighted by Gasteiger charge is -2.33. The molecular formula is C21H22F3N3O2. The van der Waals surface area contributed by atoms with Crippen molar-refractivity contribution in [1.82, 2.24) is 9.97 Å². The fourth-order valence-corrected chi connectivity index (χ4v) is 3.36. The Morgan fingerprint density at radius 2 is 1.97 bits per heavy atom. The Morgan fingerprint density at radius 3 is 2.62 bits per heavy atom. The smallest absolute Gasteiger partial charge is 0.135 e. The van der Waals surface area contributed by atoms with Gasteiger partial charge in [-0.3, -0.25) is 4.39 Å². The molecule has 0 aliphatic rings. The first kappa shape index (κ1) is 20.7. The number of alkyl halides is 1. The predicted octanol–water partition coefficient (Wildman–Crippen LogP) is 4.59. The minimum atomic E-state index is -0.885. The van der Waals surface area contributed by atoms with Crippen molar-refractivity contribution in [3.8, 4) is 5.75 Å². The fourth-order valence-electron chi connectivity index (χ4n) is 3.36. The number of hydrogen-bond acceptors (Lipinski definition) is 4. The summed E-state index contributed by atoms with van der Waals surface area (Å²) in [5.74, 6) is -2.37. The molecule has 0 fully saturated rings. The monoisotopic (exact) mass is 405 g/mol. The molecule has 0 bridgehead atoms. The Bertz CT molecular complexity index is 969. The zero-order valence-corrected chi connectivity index (χ0v) is 16.2. The lowest BCUT2D eigenvalue weighted by Crippen LogP contribution is -2.31. The van der Waals surface area contributed by atoms with Gasteiger partial charge < -0.3 is 19.4 Å². The van der Waals surface area contributed by atoms with E-state index in [2.05, 4.69) is 9.97 Å². The van der Waals surface area contributed by atoms with Gasteiger partial charge in [-0.05, 0) is 18.2 Å². The van der Waals surface area contributed by atoms with Crippen LogP contribution in [0.3, 0.4) is 0 Å². The number of fused-ring (bicyclic) bond motifs is 1. The van der Waals surface area contributed by atoms with Crippen molar-refractivity contribution < 1.29 is 22.7 Å². The molecule has 154 valence electrons. The molecule has 1 N–H and O–H groups in total. The van der Waals surface area contributed by atoms with Crippen LogP contribution in [-0.2, 0) is 4.79 Å². The summed E-state index contributed by atoms with van der Waals surface area (Å²) in [4.78, 5) is 20.4. The van der Waals surface area contributed by atoms with E-state index in [0.29, 0.717) is 17.5 Å². The highest BCUT2D eigenvalue weighted by atomic mass is 19.1. The summed E-state index contributed by atoms with van der Waals surface area (Å²) in [5.41, 5.74) is 1.95. The number of nitrogens with one attached hydrogen (secondary N) is 1. The van der Waals surface area contributed by atoms with E-state index in [1.807, 2.05) is 6.07 Å². The molecule has 3 aromatic rings. The van der Waals surface area contributed by atoms with E-state index in [0.717, 1.165) is 17.6 Å². The molecule has 29 heavy (non-hydrogen) atoms. The molecule has 0 saturated carbocycles. The number of hydrogen-bond donors (Lipinski definition) is 1. The van der Waals surface area contributed by atoms with Crippen LogP contribution >= 0.6 is 0 Å². The largest absolute Gasteiger partial charge is 0.493 e. The van der Waals surface area contributed by atoms with E-state index in [9.17, 15) is 18.0 Å². The van der Waals surface area contributed by atoms with Gasteiger partial charge in [-0.2, -0.15) is 0 Å². The first-order chi connectivity index (χ1) is 14.0. The topological polar surface area (TPSA) is 58.2 Å². The molecule has 0 radical (unpaired) electrons. The van der Waals surface area contributed by atoms with Gasteiger partial charge >= 0.3 is 0 Å². The van der Waals surface area contributed by atoms with Crippen molar-refractivity contribution in [2.45, 2.75) is 19.4 Å². The number of rotatable bonds is 9.